The lowest BCUT2D eigenvalue weighted by atomic mass is 10.1. The number of rotatable bonds is 9. The summed E-state index contributed by atoms with van der Waals surface area (Å²) in [6, 6.07) is 10.9. The Morgan fingerprint density at radius 2 is 1.68 bits per heavy atom. The first kappa shape index (κ1) is 20.6. The van der Waals surface area contributed by atoms with Gasteiger partial charge in [0.1, 0.15) is 17.2 Å². The fraction of sp³-hybridized carbons (Fsp3) is 0.200. The molecule has 28 heavy (non-hydrogen) atoms. The van der Waals surface area contributed by atoms with Crippen molar-refractivity contribution in [3.63, 3.8) is 0 Å². The number of aromatic hydroxyl groups is 2. The van der Waals surface area contributed by atoms with Gasteiger partial charge in [0.15, 0.2) is 0 Å². The Morgan fingerprint density at radius 1 is 1.00 bits per heavy atom. The summed E-state index contributed by atoms with van der Waals surface area (Å²) < 4.78 is 5.33. The highest BCUT2D eigenvalue weighted by molar-refractivity contribution is 5.93. The summed E-state index contributed by atoms with van der Waals surface area (Å²) in [6.07, 6.45) is -0.0393. The van der Waals surface area contributed by atoms with Crippen LogP contribution in [0.4, 0.5) is 5.69 Å². The predicted molar refractivity (Wildman–Crippen MR) is 106 cm³/mol. The number of anilines is 1. The van der Waals surface area contributed by atoms with Crippen LogP contribution in [0.3, 0.4) is 0 Å². The normalized spacial score (nSPS) is 10.0. The Labute approximate surface area is 162 Å². The number of nitrogens with one attached hydrogen (secondary N) is 3. The molecule has 148 valence electrons. The average molecular weight is 385 g/mol. The lowest BCUT2D eigenvalue weighted by Crippen LogP contribution is -2.36. The third-order valence-corrected chi connectivity index (χ3v) is 3.69. The number of hydrazine groups is 1. The molecule has 2 aromatic carbocycles. The van der Waals surface area contributed by atoms with Gasteiger partial charge in [-0.05, 0) is 43.3 Å². The molecule has 0 atom stereocenters. The van der Waals surface area contributed by atoms with Gasteiger partial charge in [0, 0.05) is 30.2 Å². The van der Waals surface area contributed by atoms with Crippen molar-refractivity contribution < 1.29 is 24.5 Å². The van der Waals surface area contributed by atoms with Gasteiger partial charge in [-0.15, -0.1) is 0 Å². The van der Waals surface area contributed by atoms with Crippen LogP contribution in [0.25, 0.3) is 5.70 Å². The molecule has 0 saturated heterocycles. The van der Waals surface area contributed by atoms with Crippen LogP contribution in [0.1, 0.15) is 25.3 Å². The molecule has 0 aliphatic carbocycles. The summed E-state index contributed by atoms with van der Waals surface area (Å²) >= 11 is 0. The fourth-order valence-electron chi connectivity index (χ4n) is 2.30. The molecule has 0 fully saturated rings. The molecule has 8 nitrogen and oxygen atoms in total. The van der Waals surface area contributed by atoms with Crippen molar-refractivity contribution in [3.8, 4) is 17.2 Å². The van der Waals surface area contributed by atoms with Crippen LogP contribution in [0, 0.1) is 0 Å². The highest BCUT2D eigenvalue weighted by atomic mass is 16.5. The Balaban J connectivity index is 1.74. The second-order valence-electron chi connectivity index (χ2n) is 5.86. The molecule has 2 aromatic rings. The van der Waals surface area contributed by atoms with E-state index >= 15 is 0 Å². The number of carbonyl (C=O) groups excluding carboxylic acids is 2. The van der Waals surface area contributed by atoms with Gasteiger partial charge in [-0.1, -0.05) is 6.58 Å². The molecule has 0 heterocycles. The summed E-state index contributed by atoms with van der Waals surface area (Å²) in [4.78, 5) is 23.8. The maximum Gasteiger partial charge on any atom is 0.238 e. The third kappa shape index (κ3) is 6.24. The molecule has 0 bridgehead atoms. The zero-order chi connectivity index (χ0) is 20.5. The summed E-state index contributed by atoms with van der Waals surface area (Å²) in [5.74, 6) is -0.264. The molecule has 0 spiro atoms. The van der Waals surface area contributed by atoms with E-state index in [0.717, 1.165) is 6.07 Å². The Hall–Kier alpha value is -3.68. The van der Waals surface area contributed by atoms with Gasteiger partial charge in [-0.2, -0.15) is 0 Å². The number of carbonyl (C=O) groups is 2. The van der Waals surface area contributed by atoms with Gasteiger partial charge >= 0.3 is 0 Å². The Morgan fingerprint density at radius 3 is 2.32 bits per heavy atom. The van der Waals surface area contributed by atoms with Crippen LogP contribution in [-0.4, -0.2) is 28.6 Å². The van der Waals surface area contributed by atoms with Crippen LogP contribution in [-0.2, 0) is 9.59 Å². The van der Waals surface area contributed by atoms with Crippen LogP contribution in [0.2, 0.25) is 0 Å². The van der Waals surface area contributed by atoms with Gasteiger partial charge in [-0.25, -0.2) is 0 Å². The lowest BCUT2D eigenvalue weighted by Gasteiger charge is -2.12. The van der Waals surface area contributed by atoms with Gasteiger partial charge in [-0.3, -0.25) is 20.4 Å². The molecule has 0 radical (unpaired) electrons. The van der Waals surface area contributed by atoms with Crippen molar-refractivity contribution in [1.29, 1.82) is 0 Å². The maximum absolute atomic E-state index is 11.9. The zero-order valence-electron chi connectivity index (χ0n) is 15.5. The van der Waals surface area contributed by atoms with E-state index in [4.69, 9.17) is 4.74 Å². The minimum Gasteiger partial charge on any atom is -0.508 e. The summed E-state index contributed by atoms with van der Waals surface area (Å²) in [6.45, 7) is 6.15. The average Bonchev–Trinajstić information content (AvgIpc) is 2.66. The molecule has 5 N–H and O–H groups in total. The Bertz CT molecular complexity index is 849. The summed E-state index contributed by atoms with van der Waals surface area (Å²) in [5, 5.41) is 21.7. The fourth-order valence-corrected chi connectivity index (χ4v) is 2.30. The maximum atomic E-state index is 11.9. The lowest BCUT2D eigenvalue weighted by molar-refractivity contribution is -0.124. The number of phenolic OH excluding ortho intramolecular Hbond substituents is 2. The first-order valence-electron chi connectivity index (χ1n) is 8.68. The van der Waals surface area contributed by atoms with E-state index in [1.807, 2.05) is 6.92 Å². The van der Waals surface area contributed by atoms with Crippen molar-refractivity contribution in [2.75, 3.05) is 11.9 Å². The second kappa shape index (κ2) is 9.86. The highest BCUT2D eigenvalue weighted by Gasteiger charge is 2.10. The first-order chi connectivity index (χ1) is 13.4. The third-order valence-electron chi connectivity index (χ3n) is 3.69. The van der Waals surface area contributed by atoms with Crippen molar-refractivity contribution in [1.82, 2.24) is 10.9 Å². The molecule has 2 rings (SSSR count). The molecule has 0 aliphatic heterocycles. The number of hydrogen-bond acceptors (Lipinski definition) is 6. The molecule has 0 saturated carbocycles. The zero-order valence-corrected chi connectivity index (χ0v) is 15.5. The molecule has 0 aliphatic rings. The Kier molecular flexibility index (Phi) is 7.27. The van der Waals surface area contributed by atoms with E-state index < -0.39 is 5.91 Å². The molecule has 2 amide bonds. The number of benzene rings is 2. The minimum absolute atomic E-state index is 0.00232. The largest absolute Gasteiger partial charge is 0.508 e. The molecular formula is C20H23N3O5. The molecule has 0 aromatic heterocycles. The number of ether oxygens (including phenoxy) is 1. The van der Waals surface area contributed by atoms with E-state index in [9.17, 15) is 19.8 Å². The van der Waals surface area contributed by atoms with E-state index in [0.29, 0.717) is 23.6 Å². The quantitative estimate of drug-likeness (QED) is 0.423. The molecule has 0 unspecified atom stereocenters. The van der Waals surface area contributed by atoms with Gasteiger partial charge in [0.25, 0.3) is 0 Å². The van der Waals surface area contributed by atoms with Crippen LogP contribution in [0.5, 0.6) is 17.2 Å². The summed E-state index contributed by atoms with van der Waals surface area (Å²) in [7, 11) is 0. The van der Waals surface area contributed by atoms with E-state index in [1.165, 1.54) is 12.1 Å². The predicted octanol–water partition coefficient (Wildman–Crippen LogP) is 2.51. The second-order valence-corrected chi connectivity index (χ2v) is 5.86. The van der Waals surface area contributed by atoms with E-state index in [2.05, 4.69) is 22.7 Å². The van der Waals surface area contributed by atoms with Crippen molar-refractivity contribution in [3.05, 3.63) is 54.6 Å². The SMILES string of the molecule is C=C(NNC(=O)CCC(=O)Nc1ccc(OCC)cc1)c1ccc(O)cc1O. The van der Waals surface area contributed by atoms with Gasteiger partial charge in [0.05, 0.1) is 12.3 Å². The number of phenols is 2. The number of hydrogen-bond donors (Lipinski definition) is 5. The van der Waals surface area contributed by atoms with Crippen LogP contribution in [0.15, 0.2) is 49.0 Å². The highest BCUT2D eigenvalue weighted by Crippen LogP contribution is 2.26. The standard InChI is InChI=1S/C20H23N3O5/c1-3-28-16-7-4-14(5-8-16)21-19(26)10-11-20(27)23-22-13(2)17-9-6-15(24)12-18(17)25/h4-9,12,22,24-25H,2-3,10-11H2,1H3,(H,21,26)(H,23,27). The first-order valence-corrected chi connectivity index (χ1v) is 8.68. The van der Waals surface area contributed by atoms with Crippen molar-refractivity contribution in [2.45, 2.75) is 19.8 Å². The molecule has 8 heteroatoms. The van der Waals surface area contributed by atoms with E-state index in [1.54, 1.807) is 24.3 Å². The summed E-state index contributed by atoms with van der Waals surface area (Å²) in [5.41, 5.74) is 6.15. The smallest absolute Gasteiger partial charge is 0.238 e. The number of amides is 2. The monoisotopic (exact) mass is 385 g/mol. The van der Waals surface area contributed by atoms with Crippen LogP contribution < -0.4 is 20.9 Å². The van der Waals surface area contributed by atoms with E-state index in [-0.39, 0.29) is 35.9 Å². The van der Waals surface area contributed by atoms with Gasteiger partial charge < -0.3 is 20.3 Å². The van der Waals surface area contributed by atoms with Gasteiger partial charge in [0.2, 0.25) is 11.8 Å². The minimum atomic E-state index is -0.415. The van der Waals surface area contributed by atoms with Crippen molar-refractivity contribution >= 4 is 23.2 Å². The van der Waals surface area contributed by atoms with Crippen molar-refractivity contribution in [2.24, 2.45) is 0 Å². The molecular weight excluding hydrogens is 362 g/mol. The van der Waals surface area contributed by atoms with Crippen LogP contribution >= 0.6 is 0 Å². The topological polar surface area (TPSA) is 120 Å².